The van der Waals surface area contributed by atoms with Crippen molar-refractivity contribution in [3.8, 4) is 0 Å². The van der Waals surface area contributed by atoms with Gasteiger partial charge in [0.25, 0.3) is 10.1 Å². The molecule has 16 heavy (non-hydrogen) atoms. The van der Waals surface area contributed by atoms with Crippen LogP contribution in [0.15, 0.2) is 29.2 Å². The Morgan fingerprint density at radius 3 is 2.50 bits per heavy atom. The lowest BCUT2D eigenvalue weighted by Crippen LogP contribution is -2.23. The Bertz CT molecular complexity index is 447. The monoisotopic (exact) mass is 241 g/mol. The van der Waals surface area contributed by atoms with E-state index in [-0.39, 0.29) is 4.90 Å². The van der Waals surface area contributed by atoms with Crippen molar-refractivity contribution in [1.29, 1.82) is 0 Å². The zero-order valence-corrected chi connectivity index (χ0v) is 9.70. The molecule has 1 unspecified atom stereocenters. The Balaban J connectivity index is 2.07. The first-order chi connectivity index (χ1) is 7.55. The Hall–Kier alpha value is -0.910. The van der Waals surface area contributed by atoms with Gasteiger partial charge in [0.2, 0.25) is 0 Å². The standard InChI is InChI=1S/C11H15NO3S/c13-16(14,15)11-5-3-9(4-6-11)8-10-2-1-7-12-10/h3-6,10,12H,1-2,7-8H2,(H,13,14,15). The van der Waals surface area contributed by atoms with Crippen LogP contribution in [-0.2, 0) is 16.5 Å². The molecule has 1 aromatic rings. The van der Waals surface area contributed by atoms with E-state index < -0.39 is 10.1 Å². The molecule has 5 heteroatoms. The molecule has 1 fully saturated rings. The summed E-state index contributed by atoms with van der Waals surface area (Å²) >= 11 is 0. The van der Waals surface area contributed by atoms with Gasteiger partial charge in [-0.1, -0.05) is 12.1 Å². The lowest BCUT2D eigenvalue weighted by molar-refractivity contribution is 0.483. The summed E-state index contributed by atoms with van der Waals surface area (Å²) in [5, 5.41) is 3.38. The summed E-state index contributed by atoms with van der Waals surface area (Å²) in [6.07, 6.45) is 3.28. The number of rotatable bonds is 3. The molecule has 0 amide bonds. The first-order valence-electron chi connectivity index (χ1n) is 5.35. The van der Waals surface area contributed by atoms with E-state index in [1.165, 1.54) is 25.0 Å². The van der Waals surface area contributed by atoms with Gasteiger partial charge in [0, 0.05) is 6.04 Å². The maximum atomic E-state index is 10.8. The first-order valence-corrected chi connectivity index (χ1v) is 6.79. The molecule has 88 valence electrons. The van der Waals surface area contributed by atoms with Crippen molar-refractivity contribution in [1.82, 2.24) is 5.32 Å². The van der Waals surface area contributed by atoms with E-state index in [1.807, 2.05) is 0 Å². The van der Waals surface area contributed by atoms with Crippen LogP contribution in [-0.4, -0.2) is 25.6 Å². The largest absolute Gasteiger partial charge is 0.314 e. The second kappa shape index (κ2) is 4.53. The summed E-state index contributed by atoms with van der Waals surface area (Å²) < 4.78 is 30.5. The topological polar surface area (TPSA) is 66.4 Å². The Morgan fingerprint density at radius 1 is 1.31 bits per heavy atom. The van der Waals surface area contributed by atoms with Gasteiger partial charge in [0.15, 0.2) is 0 Å². The highest BCUT2D eigenvalue weighted by molar-refractivity contribution is 7.85. The molecular weight excluding hydrogens is 226 g/mol. The highest BCUT2D eigenvalue weighted by Gasteiger charge is 2.15. The Morgan fingerprint density at radius 2 is 2.00 bits per heavy atom. The summed E-state index contributed by atoms with van der Waals surface area (Å²) in [5.74, 6) is 0. The van der Waals surface area contributed by atoms with Crippen LogP contribution in [0.25, 0.3) is 0 Å². The van der Waals surface area contributed by atoms with Crippen LogP contribution in [0.2, 0.25) is 0 Å². The molecule has 0 aliphatic carbocycles. The molecule has 2 N–H and O–H groups in total. The first kappa shape index (κ1) is 11.6. The SMILES string of the molecule is O=S(=O)(O)c1ccc(CC2CCCN2)cc1. The summed E-state index contributed by atoms with van der Waals surface area (Å²) in [4.78, 5) is -0.0457. The molecule has 1 aromatic carbocycles. The third kappa shape index (κ3) is 2.81. The Kier molecular flexibility index (Phi) is 3.28. The molecule has 0 aromatic heterocycles. The molecule has 4 nitrogen and oxygen atoms in total. The van der Waals surface area contributed by atoms with Gasteiger partial charge in [-0.15, -0.1) is 0 Å². The smallest absolute Gasteiger partial charge is 0.294 e. The molecule has 0 radical (unpaired) electrons. The van der Waals surface area contributed by atoms with Crippen LogP contribution in [0.3, 0.4) is 0 Å². The van der Waals surface area contributed by atoms with E-state index in [0.717, 1.165) is 18.5 Å². The van der Waals surface area contributed by atoms with Crippen molar-refractivity contribution in [2.75, 3.05) is 6.54 Å². The van der Waals surface area contributed by atoms with Gasteiger partial charge >= 0.3 is 0 Å². The summed E-state index contributed by atoms with van der Waals surface area (Å²) in [5.41, 5.74) is 1.09. The number of hydrogen-bond donors (Lipinski definition) is 2. The van der Waals surface area contributed by atoms with Gasteiger partial charge in [-0.2, -0.15) is 8.42 Å². The predicted octanol–water partition coefficient (Wildman–Crippen LogP) is 1.23. The molecule has 1 aliphatic rings. The van der Waals surface area contributed by atoms with E-state index in [4.69, 9.17) is 4.55 Å². The van der Waals surface area contributed by atoms with Gasteiger partial charge < -0.3 is 5.32 Å². The van der Waals surface area contributed by atoms with E-state index >= 15 is 0 Å². The molecule has 1 atom stereocenters. The minimum Gasteiger partial charge on any atom is -0.314 e. The average Bonchev–Trinajstić information content (AvgIpc) is 2.70. The van der Waals surface area contributed by atoms with E-state index in [0.29, 0.717) is 6.04 Å². The van der Waals surface area contributed by atoms with Gasteiger partial charge in [0.1, 0.15) is 0 Å². The minimum absolute atomic E-state index is 0.0457. The molecule has 1 aliphatic heterocycles. The molecule has 1 saturated heterocycles. The number of nitrogens with one attached hydrogen (secondary N) is 1. The van der Waals surface area contributed by atoms with Crippen LogP contribution in [0.1, 0.15) is 18.4 Å². The highest BCUT2D eigenvalue weighted by Crippen LogP contribution is 2.14. The fourth-order valence-electron chi connectivity index (χ4n) is 2.01. The van der Waals surface area contributed by atoms with Crippen LogP contribution in [0, 0.1) is 0 Å². The van der Waals surface area contributed by atoms with Gasteiger partial charge in [0.05, 0.1) is 4.90 Å². The molecular formula is C11H15NO3S. The third-order valence-electron chi connectivity index (χ3n) is 2.87. The number of hydrogen-bond acceptors (Lipinski definition) is 3. The fourth-order valence-corrected chi connectivity index (χ4v) is 2.49. The van der Waals surface area contributed by atoms with Crippen molar-refractivity contribution < 1.29 is 13.0 Å². The second-order valence-corrected chi connectivity index (χ2v) is 5.54. The summed E-state index contributed by atoms with van der Waals surface area (Å²) in [6, 6.07) is 6.89. The molecule has 1 heterocycles. The van der Waals surface area contributed by atoms with Gasteiger partial charge in [-0.25, -0.2) is 0 Å². The highest BCUT2D eigenvalue weighted by atomic mass is 32.2. The van der Waals surface area contributed by atoms with Crippen LogP contribution in [0.5, 0.6) is 0 Å². The van der Waals surface area contributed by atoms with Crippen molar-refractivity contribution in [3.05, 3.63) is 29.8 Å². The zero-order chi connectivity index (χ0) is 11.6. The zero-order valence-electron chi connectivity index (χ0n) is 8.89. The lowest BCUT2D eigenvalue weighted by Gasteiger charge is -2.09. The van der Waals surface area contributed by atoms with Gasteiger partial charge in [-0.05, 0) is 43.5 Å². The van der Waals surface area contributed by atoms with Crippen LogP contribution >= 0.6 is 0 Å². The summed E-state index contributed by atoms with van der Waals surface area (Å²) in [7, 11) is -4.06. The minimum atomic E-state index is -4.06. The predicted molar refractivity (Wildman–Crippen MR) is 61.0 cm³/mol. The quantitative estimate of drug-likeness (QED) is 0.781. The Labute approximate surface area is 95.4 Å². The molecule has 0 spiro atoms. The maximum Gasteiger partial charge on any atom is 0.294 e. The van der Waals surface area contributed by atoms with Crippen LogP contribution in [0.4, 0.5) is 0 Å². The molecule has 0 saturated carbocycles. The maximum absolute atomic E-state index is 10.8. The molecule has 0 bridgehead atoms. The van der Waals surface area contributed by atoms with Gasteiger partial charge in [-0.3, -0.25) is 4.55 Å². The average molecular weight is 241 g/mol. The van der Waals surface area contributed by atoms with Crippen molar-refractivity contribution in [2.45, 2.75) is 30.2 Å². The van der Waals surface area contributed by atoms with Crippen molar-refractivity contribution in [2.24, 2.45) is 0 Å². The van der Waals surface area contributed by atoms with Crippen molar-refractivity contribution >= 4 is 10.1 Å². The lowest BCUT2D eigenvalue weighted by atomic mass is 10.1. The van der Waals surface area contributed by atoms with Crippen molar-refractivity contribution in [3.63, 3.8) is 0 Å². The number of benzene rings is 1. The van der Waals surface area contributed by atoms with E-state index in [9.17, 15) is 8.42 Å². The van der Waals surface area contributed by atoms with E-state index in [2.05, 4.69) is 5.32 Å². The summed E-state index contributed by atoms with van der Waals surface area (Å²) in [6.45, 7) is 1.06. The molecule has 2 rings (SSSR count). The van der Waals surface area contributed by atoms with Crippen LogP contribution < -0.4 is 5.32 Å². The fraction of sp³-hybridized carbons (Fsp3) is 0.455. The normalized spacial score (nSPS) is 21.2. The third-order valence-corrected chi connectivity index (χ3v) is 3.73. The second-order valence-electron chi connectivity index (χ2n) is 4.12. The van der Waals surface area contributed by atoms with E-state index in [1.54, 1.807) is 12.1 Å².